The van der Waals surface area contributed by atoms with Gasteiger partial charge in [-0.05, 0) is 67.9 Å². The first-order chi connectivity index (χ1) is 16.4. The minimum absolute atomic E-state index is 0.000277. The molecule has 2 heterocycles. The van der Waals surface area contributed by atoms with E-state index >= 15 is 0 Å². The Hall–Kier alpha value is -2.45. The zero-order valence-electron chi connectivity index (χ0n) is 19.2. The van der Waals surface area contributed by atoms with Gasteiger partial charge in [-0.1, -0.05) is 29.8 Å². The maximum absolute atomic E-state index is 13.4. The minimum Gasteiger partial charge on any atom is -0.334 e. The van der Waals surface area contributed by atoms with Crippen LogP contribution in [-0.2, 0) is 12.1 Å². The minimum atomic E-state index is -0.440. The van der Waals surface area contributed by atoms with Crippen LogP contribution < -0.4 is 0 Å². The van der Waals surface area contributed by atoms with E-state index in [9.17, 15) is 14.9 Å². The van der Waals surface area contributed by atoms with Crippen LogP contribution >= 0.6 is 11.6 Å². The number of carbonyl (C=O) groups is 1. The van der Waals surface area contributed by atoms with Gasteiger partial charge in [0.05, 0.1) is 10.5 Å². The Morgan fingerprint density at radius 3 is 2.26 bits per heavy atom. The van der Waals surface area contributed by atoms with Crippen LogP contribution in [0.5, 0.6) is 0 Å². The molecule has 8 nitrogen and oxygen atoms in total. The Kier molecular flexibility index (Phi) is 5.41. The molecule has 7 rings (SSSR count). The number of piperazine rings is 1. The van der Waals surface area contributed by atoms with Gasteiger partial charge in [-0.2, -0.15) is 5.10 Å². The Morgan fingerprint density at radius 1 is 1.06 bits per heavy atom. The molecule has 0 N–H and O–H groups in total. The van der Waals surface area contributed by atoms with Crippen LogP contribution in [0.15, 0.2) is 30.5 Å². The van der Waals surface area contributed by atoms with Crippen molar-refractivity contribution in [2.75, 3.05) is 26.2 Å². The molecule has 4 aliphatic carbocycles. The number of hydrogen-bond donors (Lipinski definition) is 0. The molecule has 1 aromatic heterocycles. The average Bonchev–Trinajstić information content (AvgIpc) is 3.27. The van der Waals surface area contributed by atoms with Crippen molar-refractivity contribution in [1.82, 2.24) is 19.6 Å². The lowest BCUT2D eigenvalue weighted by atomic mass is 9.53. The van der Waals surface area contributed by atoms with E-state index in [1.165, 1.54) is 19.3 Å². The van der Waals surface area contributed by atoms with E-state index in [0.717, 1.165) is 36.4 Å². The van der Waals surface area contributed by atoms with Crippen molar-refractivity contribution in [3.05, 3.63) is 56.9 Å². The van der Waals surface area contributed by atoms with Crippen molar-refractivity contribution in [3.63, 3.8) is 0 Å². The second kappa shape index (κ2) is 8.34. The molecular formula is C25H30ClN5O3. The third-order valence-electron chi connectivity index (χ3n) is 8.60. The number of nitrogens with zero attached hydrogens (tertiary/aromatic N) is 5. The van der Waals surface area contributed by atoms with Crippen molar-refractivity contribution < 1.29 is 9.72 Å². The number of carbonyl (C=O) groups excluding carboxylic acids is 1. The van der Waals surface area contributed by atoms with Crippen molar-refractivity contribution in [3.8, 4) is 0 Å². The smallest absolute Gasteiger partial charge is 0.320 e. The Bertz CT molecular complexity index is 1090. The fraction of sp³-hybridized carbons (Fsp3) is 0.600. The third kappa shape index (κ3) is 3.81. The van der Waals surface area contributed by atoms with Crippen LogP contribution in [0.1, 0.15) is 54.6 Å². The molecule has 0 atom stereocenters. The predicted octanol–water partition coefficient (Wildman–Crippen LogP) is 4.33. The molecular weight excluding hydrogens is 454 g/mol. The van der Waals surface area contributed by atoms with Crippen LogP contribution in [0.2, 0.25) is 5.02 Å². The summed E-state index contributed by atoms with van der Waals surface area (Å²) < 4.78 is 1.83. The molecule has 4 bridgehead atoms. The van der Waals surface area contributed by atoms with Crippen molar-refractivity contribution >= 4 is 23.2 Å². The van der Waals surface area contributed by atoms with Gasteiger partial charge in [-0.15, -0.1) is 0 Å². The molecule has 0 unspecified atom stereocenters. The van der Waals surface area contributed by atoms with Gasteiger partial charge in [0.15, 0.2) is 0 Å². The molecule has 9 heteroatoms. The summed E-state index contributed by atoms with van der Waals surface area (Å²) in [6, 6.07) is 7.79. The van der Waals surface area contributed by atoms with Gasteiger partial charge in [-0.25, -0.2) is 0 Å². The van der Waals surface area contributed by atoms with Crippen LogP contribution in [0.25, 0.3) is 0 Å². The number of rotatable bonds is 5. The van der Waals surface area contributed by atoms with Crippen LogP contribution in [-0.4, -0.2) is 56.6 Å². The number of aromatic nitrogens is 2. The van der Waals surface area contributed by atoms with Gasteiger partial charge < -0.3 is 4.90 Å². The number of amides is 1. The Morgan fingerprint density at radius 2 is 1.68 bits per heavy atom. The fourth-order valence-corrected chi connectivity index (χ4v) is 7.56. The molecule has 0 radical (unpaired) electrons. The van der Waals surface area contributed by atoms with Crippen molar-refractivity contribution in [2.45, 2.75) is 50.6 Å². The topological polar surface area (TPSA) is 84.5 Å². The SMILES string of the molecule is O=C(c1nn(C23CC4CC(CC(C4)C2)C3)cc1[N+](=O)[O-])N1CCN(Cc2ccccc2Cl)CC1. The third-order valence-corrected chi connectivity index (χ3v) is 8.97. The normalized spacial score (nSPS) is 30.6. The highest BCUT2D eigenvalue weighted by Gasteiger charge is 2.53. The molecule has 1 amide bonds. The van der Waals surface area contributed by atoms with Gasteiger partial charge in [0.2, 0.25) is 5.69 Å². The first-order valence-electron chi connectivity index (χ1n) is 12.4. The Labute approximate surface area is 204 Å². The summed E-state index contributed by atoms with van der Waals surface area (Å²) in [5.74, 6) is 1.76. The molecule has 180 valence electrons. The molecule has 5 aliphatic rings. The van der Waals surface area contributed by atoms with Gasteiger partial charge in [0, 0.05) is 37.7 Å². The number of benzene rings is 1. The van der Waals surface area contributed by atoms with Gasteiger partial charge in [0.1, 0.15) is 6.20 Å². The lowest BCUT2D eigenvalue weighted by Crippen LogP contribution is -2.52. The lowest BCUT2D eigenvalue weighted by molar-refractivity contribution is -0.385. The predicted molar refractivity (Wildman–Crippen MR) is 128 cm³/mol. The Balaban J connectivity index is 1.19. The molecule has 1 aromatic carbocycles. The molecule has 1 saturated heterocycles. The van der Waals surface area contributed by atoms with E-state index in [1.54, 1.807) is 11.1 Å². The molecule has 0 spiro atoms. The van der Waals surface area contributed by atoms with E-state index in [0.29, 0.717) is 43.9 Å². The van der Waals surface area contributed by atoms with Gasteiger partial charge in [-0.3, -0.25) is 24.5 Å². The van der Waals surface area contributed by atoms with Crippen LogP contribution in [0.3, 0.4) is 0 Å². The second-order valence-electron chi connectivity index (χ2n) is 10.9. The summed E-state index contributed by atoms with van der Waals surface area (Å²) in [5, 5.41) is 17.3. The quantitative estimate of drug-likeness (QED) is 0.467. The zero-order chi connectivity index (χ0) is 23.4. The average molecular weight is 484 g/mol. The van der Waals surface area contributed by atoms with Gasteiger partial charge >= 0.3 is 5.69 Å². The number of nitro groups is 1. The highest BCUT2D eigenvalue weighted by molar-refractivity contribution is 6.31. The number of hydrogen-bond acceptors (Lipinski definition) is 5. The highest BCUT2D eigenvalue weighted by atomic mass is 35.5. The summed E-state index contributed by atoms with van der Waals surface area (Å²) in [5.41, 5.74) is 0.763. The summed E-state index contributed by atoms with van der Waals surface area (Å²) in [6.45, 7) is 3.15. The van der Waals surface area contributed by atoms with E-state index < -0.39 is 4.92 Å². The fourth-order valence-electron chi connectivity index (χ4n) is 7.37. The highest BCUT2D eigenvalue weighted by Crippen LogP contribution is 2.58. The van der Waals surface area contributed by atoms with E-state index in [-0.39, 0.29) is 22.8 Å². The molecule has 2 aromatic rings. The maximum Gasteiger partial charge on any atom is 0.320 e. The number of halogens is 1. The van der Waals surface area contributed by atoms with Crippen molar-refractivity contribution in [2.24, 2.45) is 17.8 Å². The first kappa shape index (κ1) is 22.0. The van der Waals surface area contributed by atoms with Crippen LogP contribution in [0.4, 0.5) is 5.69 Å². The van der Waals surface area contributed by atoms with E-state index in [1.807, 2.05) is 28.9 Å². The van der Waals surface area contributed by atoms with E-state index in [2.05, 4.69) is 10.00 Å². The summed E-state index contributed by atoms with van der Waals surface area (Å²) >= 11 is 6.30. The second-order valence-corrected chi connectivity index (χ2v) is 11.3. The largest absolute Gasteiger partial charge is 0.334 e. The zero-order valence-corrected chi connectivity index (χ0v) is 20.0. The van der Waals surface area contributed by atoms with Crippen molar-refractivity contribution in [1.29, 1.82) is 0 Å². The molecule has 5 fully saturated rings. The molecule has 4 saturated carbocycles. The summed E-state index contributed by atoms with van der Waals surface area (Å²) in [7, 11) is 0. The van der Waals surface area contributed by atoms with E-state index in [4.69, 9.17) is 11.6 Å². The van der Waals surface area contributed by atoms with Crippen LogP contribution in [0, 0.1) is 27.9 Å². The maximum atomic E-state index is 13.4. The summed E-state index contributed by atoms with van der Waals surface area (Å²) in [4.78, 5) is 28.8. The monoisotopic (exact) mass is 483 g/mol. The lowest BCUT2D eigenvalue weighted by Gasteiger charge is -2.56. The summed E-state index contributed by atoms with van der Waals surface area (Å²) in [6.07, 6.45) is 8.51. The molecule has 34 heavy (non-hydrogen) atoms. The standard InChI is InChI=1S/C25H30ClN5O3/c26-21-4-2-1-3-20(21)15-28-5-7-29(8-6-28)24(32)23-22(31(33)34)16-30(27-23)25-12-17-9-18(13-25)11-19(10-17)14-25/h1-4,16-19H,5-15H2. The molecule has 1 aliphatic heterocycles. The first-order valence-corrected chi connectivity index (χ1v) is 12.8. The van der Waals surface area contributed by atoms with Gasteiger partial charge in [0.25, 0.3) is 5.91 Å².